The van der Waals surface area contributed by atoms with Crippen LogP contribution in [0, 0.1) is 0 Å². The molecule has 0 spiro atoms. The number of rotatable bonds is 4. The molecule has 1 unspecified atom stereocenters. The van der Waals surface area contributed by atoms with E-state index in [0.717, 1.165) is 19.3 Å². The highest BCUT2D eigenvalue weighted by Gasteiger charge is 2.24. The van der Waals surface area contributed by atoms with Crippen LogP contribution in [0.3, 0.4) is 0 Å². The standard InChI is InChI=1S/C15H17N3O5/c1-21-15(20)13-10(16-14(19)11-5-4-8-22-11)9-18(17-13)12-6-2-3-7-23-12/h4-5,8-9,12H,2-3,6-7H2,1H3,(H,16,19). The van der Waals surface area contributed by atoms with Crippen molar-refractivity contribution in [3.63, 3.8) is 0 Å². The van der Waals surface area contributed by atoms with Gasteiger partial charge in [0.25, 0.3) is 5.91 Å². The highest BCUT2D eigenvalue weighted by molar-refractivity contribution is 6.05. The number of nitrogens with one attached hydrogen (secondary N) is 1. The molecule has 1 fully saturated rings. The first-order valence-electron chi connectivity index (χ1n) is 7.33. The van der Waals surface area contributed by atoms with Crippen molar-refractivity contribution in [1.29, 1.82) is 0 Å². The molecule has 8 nitrogen and oxygen atoms in total. The van der Waals surface area contributed by atoms with Gasteiger partial charge in [0.2, 0.25) is 0 Å². The van der Waals surface area contributed by atoms with Crippen molar-refractivity contribution in [2.45, 2.75) is 25.5 Å². The predicted octanol–water partition coefficient (Wildman–Crippen LogP) is 2.21. The van der Waals surface area contributed by atoms with Crippen molar-refractivity contribution in [2.75, 3.05) is 19.0 Å². The normalized spacial score (nSPS) is 17.7. The maximum absolute atomic E-state index is 12.1. The average Bonchev–Trinajstić information content (AvgIpc) is 3.25. The number of ether oxygens (including phenoxy) is 2. The zero-order valence-corrected chi connectivity index (χ0v) is 12.7. The number of nitrogens with zero attached hydrogens (tertiary/aromatic N) is 2. The number of carbonyl (C=O) groups is 2. The zero-order chi connectivity index (χ0) is 16.2. The summed E-state index contributed by atoms with van der Waals surface area (Å²) in [5.41, 5.74) is 0.286. The molecule has 2 aromatic rings. The van der Waals surface area contributed by atoms with E-state index in [9.17, 15) is 9.59 Å². The summed E-state index contributed by atoms with van der Waals surface area (Å²) in [6.07, 6.45) is 5.55. The third kappa shape index (κ3) is 3.26. The first-order valence-corrected chi connectivity index (χ1v) is 7.33. The molecule has 23 heavy (non-hydrogen) atoms. The molecule has 0 radical (unpaired) electrons. The van der Waals surface area contributed by atoms with Crippen molar-refractivity contribution in [3.05, 3.63) is 36.0 Å². The van der Waals surface area contributed by atoms with Gasteiger partial charge in [0.15, 0.2) is 11.5 Å². The van der Waals surface area contributed by atoms with E-state index in [0.29, 0.717) is 6.61 Å². The van der Waals surface area contributed by atoms with Crippen LogP contribution in [0.25, 0.3) is 0 Å². The van der Waals surface area contributed by atoms with Gasteiger partial charge in [-0.05, 0) is 31.4 Å². The second-order valence-corrected chi connectivity index (χ2v) is 5.12. The minimum Gasteiger partial charge on any atom is -0.464 e. The van der Waals surface area contributed by atoms with E-state index in [2.05, 4.69) is 10.4 Å². The number of aromatic nitrogens is 2. The van der Waals surface area contributed by atoms with Crippen molar-refractivity contribution in [2.24, 2.45) is 0 Å². The Morgan fingerprint density at radius 1 is 1.43 bits per heavy atom. The van der Waals surface area contributed by atoms with Crippen LogP contribution < -0.4 is 5.32 Å². The average molecular weight is 319 g/mol. The molecule has 0 aromatic carbocycles. The molecule has 3 rings (SSSR count). The van der Waals surface area contributed by atoms with E-state index in [1.54, 1.807) is 16.9 Å². The number of hydrogen-bond acceptors (Lipinski definition) is 6. The summed E-state index contributed by atoms with van der Waals surface area (Å²) in [5, 5.41) is 6.83. The van der Waals surface area contributed by atoms with Crippen molar-refractivity contribution < 1.29 is 23.5 Å². The monoisotopic (exact) mass is 319 g/mol. The van der Waals surface area contributed by atoms with Gasteiger partial charge in [-0.3, -0.25) is 4.79 Å². The molecule has 0 saturated carbocycles. The Morgan fingerprint density at radius 2 is 2.30 bits per heavy atom. The topological polar surface area (TPSA) is 95.6 Å². The number of amides is 1. The summed E-state index contributed by atoms with van der Waals surface area (Å²) in [6.45, 7) is 0.645. The van der Waals surface area contributed by atoms with Gasteiger partial charge in [0, 0.05) is 6.61 Å². The minimum atomic E-state index is -0.630. The highest BCUT2D eigenvalue weighted by atomic mass is 16.5. The van der Waals surface area contributed by atoms with Gasteiger partial charge in [-0.1, -0.05) is 0 Å². The molecule has 0 aliphatic carbocycles. The quantitative estimate of drug-likeness (QED) is 0.868. The van der Waals surface area contributed by atoms with E-state index in [-0.39, 0.29) is 23.4 Å². The molecule has 1 N–H and O–H groups in total. The Morgan fingerprint density at radius 3 is 2.96 bits per heavy atom. The van der Waals surface area contributed by atoms with E-state index in [4.69, 9.17) is 13.9 Å². The van der Waals surface area contributed by atoms with Crippen LogP contribution in [0.15, 0.2) is 29.0 Å². The first kappa shape index (κ1) is 15.3. The summed E-state index contributed by atoms with van der Waals surface area (Å²) in [4.78, 5) is 24.0. The second-order valence-electron chi connectivity index (χ2n) is 5.12. The van der Waals surface area contributed by atoms with E-state index < -0.39 is 11.9 Å². The summed E-state index contributed by atoms with van der Waals surface area (Å²) in [6, 6.07) is 3.14. The smallest absolute Gasteiger partial charge is 0.360 e. The lowest BCUT2D eigenvalue weighted by atomic mass is 10.2. The number of methoxy groups -OCH3 is 1. The van der Waals surface area contributed by atoms with Gasteiger partial charge in [0.1, 0.15) is 6.23 Å². The number of furan rings is 1. The fourth-order valence-corrected chi connectivity index (χ4v) is 2.40. The Labute approximate surface area is 132 Å². The van der Waals surface area contributed by atoms with Crippen molar-refractivity contribution in [3.8, 4) is 0 Å². The highest BCUT2D eigenvalue weighted by Crippen LogP contribution is 2.25. The van der Waals surface area contributed by atoms with Crippen LogP contribution >= 0.6 is 0 Å². The summed E-state index contributed by atoms with van der Waals surface area (Å²) < 4.78 is 16.9. The Bertz CT molecular complexity index is 686. The molecule has 1 amide bonds. The van der Waals surface area contributed by atoms with Gasteiger partial charge in [-0.25, -0.2) is 9.48 Å². The summed E-state index contributed by atoms with van der Waals surface area (Å²) >= 11 is 0. The van der Waals surface area contributed by atoms with Crippen LogP contribution in [-0.4, -0.2) is 35.4 Å². The summed E-state index contributed by atoms with van der Waals surface area (Å²) in [5.74, 6) is -0.957. The second kappa shape index (κ2) is 6.66. The molecule has 1 aliphatic heterocycles. The summed E-state index contributed by atoms with van der Waals surface area (Å²) in [7, 11) is 1.26. The molecule has 3 heterocycles. The Kier molecular flexibility index (Phi) is 4.42. The maximum Gasteiger partial charge on any atom is 0.360 e. The molecule has 1 aliphatic rings. The molecule has 8 heteroatoms. The minimum absolute atomic E-state index is 0.0292. The third-order valence-corrected chi connectivity index (χ3v) is 3.55. The number of carbonyl (C=O) groups excluding carboxylic acids is 2. The van der Waals surface area contributed by atoms with Gasteiger partial charge in [0.05, 0.1) is 25.3 Å². The van der Waals surface area contributed by atoms with Crippen LogP contribution in [0.5, 0.6) is 0 Å². The van der Waals surface area contributed by atoms with Gasteiger partial charge in [-0.2, -0.15) is 5.10 Å². The lowest BCUT2D eigenvalue weighted by Gasteiger charge is -2.22. The Balaban J connectivity index is 1.86. The molecule has 122 valence electrons. The van der Waals surface area contributed by atoms with Crippen LogP contribution in [0.1, 0.15) is 46.5 Å². The largest absolute Gasteiger partial charge is 0.464 e. The van der Waals surface area contributed by atoms with Crippen LogP contribution in [-0.2, 0) is 9.47 Å². The number of hydrogen-bond donors (Lipinski definition) is 1. The van der Waals surface area contributed by atoms with Gasteiger partial charge >= 0.3 is 5.97 Å². The fraction of sp³-hybridized carbons (Fsp3) is 0.400. The molecule has 1 saturated heterocycles. The maximum atomic E-state index is 12.1. The van der Waals surface area contributed by atoms with Crippen molar-refractivity contribution in [1.82, 2.24) is 9.78 Å². The van der Waals surface area contributed by atoms with Crippen LogP contribution in [0.4, 0.5) is 5.69 Å². The molecular formula is C15H17N3O5. The lowest BCUT2D eigenvalue weighted by molar-refractivity contribution is -0.0396. The van der Waals surface area contributed by atoms with E-state index in [1.807, 2.05) is 0 Å². The first-order chi connectivity index (χ1) is 11.2. The third-order valence-electron chi connectivity index (χ3n) is 3.55. The Hall–Kier alpha value is -2.61. The van der Waals surface area contributed by atoms with Gasteiger partial charge < -0.3 is 19.2 Å². The number of anilines is 1. The SMILES string of the molecule is COC(=O)c1nn(C2CCCCO2)cc1NC(=O)c1ccco1. The molecule has 0 bridgehead atoms. The zero-order valence-electron chi connectivity index (χ0n) is 12.7. The molecule has 1 atom stereocenters. The molecule has 2 aromatic heterocycles. The van der Waals surface area contributed by atoms with Crippen LogP contribution in [0.2, 0.25) is 0 Å². The predicted molar refractivity (Wildman–Crippen MR) is 79.1 cm³/mol. The van der Waals surface area contributed by atoms with E-state index >= 15 is 0 Å². The van der Waals surface area contributed by atoms with Crippen molar-refractivity contribution >= 4 is 17.6 Å². The number of esters is 1. The molecular weight excluding hydrogens is 302 g/mol. The van der Waals surface area contributed by atoms with E-state index in [1.165, 1.54) is 19.4 Å². The lowest BCUT2D eigenvalue weighted by Crippen LogP contribution is -2.19. The van der Waals surface area contributed by atoms with Gasteiger partial charge in [-0.15, -0.1) is 0 Å². The fourth-order valence-electron chi connectivity index (χ4n) is 2.40.